The first-order valence-corrected chi connectivity index (χ1v) is 11.9. The normalized spacial score (nSPS) is 11.1. The first kappa shape index (κ1) is 24.3. The number of carbonyl (C=O) groups excluding carboxylic acids is 1. The molecule has 1 heterocycles. The number of thioether (sulfide) groups is 1. The number of aromatic nitrogens is 2. The number of hydrogen-bond acceptors (Lipinski definition) is 6. The fourth-order valence-corrected chi connectivity index (χ4v) is 4.31. The lowest BCUT2D eigenvalue weighted by molar-refractivity contribution is -0.139. The van der Waals surface area contributed by atoms with Gasteiger partial charge in [-0.2, -0.15) is 5.10 Å². The zero-order valence-electron chi connectivity index (χ0n) is 18.4. The lowest BCUT2D eigenvalue weighted by Crippen LogP contribution is -2.20. The summed E-state index contributed by atoms with van der Waals surface area (Å²) in [7, 11) is 0. The van der Waals surface area contributed by atoms with Gasteiger partial charge >= 0.3 is 5.97 Å². The second kappa shape index (κ2) is 11.5. The van der Waals surface area contributed by atoms with E-state index >= 15 is 0 Å². The van der Waals surface area contributed by atoms with Crippen LogP contribution in [0.1, 0.15) is 11.1 Å². The van der Waals surface area contributed by atoms with Crippen molar-refractivity contribution >= 4 is 52.5 Å². The molecule has 0 aliphatic rings. The Morgan fingerprint density at radius 1 is 1.09 bits per heavy atom. The van der Waals surface area contributed by atoms with Gasteiger partial charge < -0.3 is 14.4 Å². The average molecular weight is 509 g/mol. The minimum Gasteiger partial charge on any atom is -0.481 e. The average Bonchev–Trinajstić information content (AvgIpc) is 3.21. The summed E-state index contributed by atoms with van der Waals surface area (Å²) in [5.74, 6) is -0.940. The van der Waals surface area contributed by atoms with Crippen LogP contribution in [0.5, 0.6) is 5.75 Å². The van der Waals surface area contributed by atoms with Crippen molar-refractivity contribution in [3.63, 3.8) is 0 Å². The monoisotopic (exact) mass is 508 g/mol. The van der Waals surface area contributed by atoms with Gasteiger partial charge in [-0.3, -0.25) is 4.79 Å². The molecule has 4 rings (SSSR count). The van der Waals surface area contributed by atoms with Crippen LogP contribution in [-0.4, -0.2) is 45.1 Å². The number of nitrogens with one attached hydrogen (secondary N) is 1. The van der Waals surface area contributed by atoms with Crippen LogP contribution in [0.4, 0.5) is 0 Å². The molecular formula is C25H21ClN4O4S. The molecule has 10 heteroatoms. The highest BCUT2D eigenvalue weighted by atomic mass is 35.5. The molecule has 0 spiro atoms. The molecule has 0 saturated carbocycles. The maximum atomic E-state index is 12.4. The molecule has 1 amide bonds. The summed E-state index contributed by atoms with van der Waals surface area (Å²) >= 11 is 7.67. The van der Waals surface area contributed by atoms with Gasteiger partial charge in [-0.1, -0.05) is 65.8 Å². The van der Waals surface area contributed by atoms with Gasteiger partial charge in [-0.15, -0.1) is 0 Å². The Labute approximate surface area is 210 Å². The fourth-order valence-electron chi connectivity index (χ4n) is 3.31. The molecule has 1 aromatic heterocycles. The summed E-state index contributed by atoms with van der Waals surface area (Å²) < 4.78 is 7.27. The van der Waals surface area contributed by atoms with Gasteiger partial charge in [-0.05, 0) is 35.9 Å². The molecule has 35 heavy (non-hydrogen) atoms. The Balaban J connectivity index is 1.42. The predicted octanol–water partition coefficient (Wildman–Crippen LogP) is 4.44. The standard InChI is InChI=1S/C25H21ClN4O4S/c26-19-9-3-1-8-18(19)14-30-21-11-5-4-10-20(21)28-25(30)35-16-23(31)29-27-13-17-7-2-6-12-22(17)34-15-24(32)33/h1-13H,14-16H2,(H,29,31)(H,32,33)/b27-13-. The first-order valence-electron chi connectivity index (χ1n) is 10.6. The number of hydrazone groups is 1. The van der Waals surface area contributed by atoms with E-state index in [1.54, 1.807) is 24.3 Å². The van der Waals surface area contributed by atoms with Crippen molar-refractivity contribution in [2.75, 3.05) is 12.4 Å². The van der Waals surface area contributed by atoms with Crippen LogP contribution in [0.2, 0.25) is 5.02 Å². The van der Waals surface area contributed by atoms with Crippen molar-refractivity contribution in [1.82, 2.24) is 15.0 Å². The molecule has 0 aliphatic carbocycles. The molecule has 0 fully saturated rings. The third-order valence-electron chi connectivity index (χ3n) is 4.90. The van der Waals surface area contributed by atoms with Gasteiger partial charge in [0.15, 0.2) is 11.8 Å². The van der Waals surface area contributed by atoms with E-state index in [-0.39, 0.29) is 11.7 Å². The van der Waals surface area contributed by atoms with Crippen molar-refractivity contribution < 1.29 is 19.4 Å². The number of carbonyl (C=O) groups is 2. The highest BCUT2D eigenvalue weighted by Gasteiger charge is 2.14. The fraction of sp³-hybridized carbons (Fsp3) is 0.120. The first-order chi connectivity index (χ1) is 17.0. The minimum atomic E-state index is -1.08. The number of fused-ring (bicyclic) bond motifs is 1. The largest absolute Gasteiger partial charge is 0.481 e. The van der Waals surface area contributed by atoms with E-state index in [1.165, 1.54) is 18.0 Å². The summed E-state index contributed by atoms with van der Waals surface area (Å²) in [4.78, 5) is 27.9. The maximum absolute atomic E-state index is 12.4. The molecule has 0 bridgehead atoms. The van der Waals surface area contributed by atoms with E-state index < -0.39 is 12.6 Å². The van der Waals surface area contributed by atoms with E-state index in [9.17, 15) is 9.59 Å². The van der Waals surface area contributed by atoms with Crippen LogP contribution in [0, 0.1) is 0 Å². The van der Waals surface area contributed by atoms with Gasteiger partial charge in [0.05, 0.1) is 29.5 Å². The van der Waals surface area contributed by atoms with Crippen LogP contribution in [0.15, 0.2) is 83.1 Å². The smallest absolute Gasteiger partial charge is 0.341 e. The molecule has 4 aromatic rings. The van der Waals surface area contributed by atoms with Crippen molar-refractivity contribution in [1.29, 1.82) is 0 Å². The van der Waals surface area contributed by atoms with Crippen LogP contribution >= 0.6 is 23.4 Å². The quantitative estimate of drug-likeness (QED) is 0.186. The number of ether oxygens (including phenoxy) is 1. The number of benzene rings is 3. The van der Waals surface area contributed by atoms with Gasteiger partial charge in [0.1, 0.15) is 5.75 Å². The Kier molecular flexibility index (Phi) is 8.02. The summed E-state index contributed by atoms with van der Waals surface area (Å²) in [6.45, 7) is 0.0540. The molecular weight excluding hydrogens is 488 g/mol. The van der Waals surface area contributed by atoms with E-state index in [0.717, 1.165) is 16.6 Å². The molecule has 0 unspecified atom stereocenters. The molecule has 2 N–H and O–H groups in total. The summed E-state index contributed by atoms with van der Waals surface area (Å²) in [6, 6.07) is 22.2. The van der Waals surface area contributed by atoms with Crippen LogP contribution < -0.4 is 10.2 Å². The second-order valence-electron chi connectivity index (χ2n) is 7.36. The van der Waals surface area contributed by atoms with Crippen molar-refractivity contribution in [3.05, 3.63) is 88.9 Å². The molecule has 0 saturated heterocycles. The lowest BCUT2D eigenvalue weighted by atomic mass is 10.2. The van der Waals surface area contributed by atoms with Crippen LogP contribution in [-0.2, 0) is 16.1 Å². The molecule has 8 nitrogen and oxygen atoms in total. The van der Waals surface area contributed by atoms with Crippen LogP contribution in [0.25, 0.3) is 11.0 Å². The Morgan fingerprint density at radius 2 is 1.83 bits per heavy atom. The molecule has 0 aliphatic heterocycles. The SMILES string of the molecule is O=C(O)COc1ccccc1/C=N\NC(=O)CSc1nc2ccccc2n1Cc1ccccc1Cl. The molecule has 3 aromatic carbocycles. The summed E-state index contributed by atoms with van der Waals surface area (Å²) in [5, 5.41) is 14.1. The predicted molar refractivity (Wildman–Crippen MR) is 136 cm³/mol. The Bertz CT molecular complexity index is 1390. The second-order valence-corrected chi connectivity index (χ2v) is 8.71. The van der Waals surface area contributed by atoms with Crippen molar-refractivity contribution in [3.8, 4) is 5.75 Å². The number of nitrogens with zero attached hydrogens (tertiary/aromatic N) is 3. The topological polar surface area (TPSA) is 106 Å². The van der Waals surface area contributed by atoms with Gasteiger partial charge in [0.2, 0.25) is 0 Å². The summed E-state index contributed by atoms with van der Waals surface area (Å²) in [5.41, 5.74) is 5.77. The number of hydrogen-bond donors (Lipinski definition) is 2. The highest BCUT2D eigenvalue weighted by Crippen LogP contribution is 2.27. The Hall–Kier alpha value is -3.82. The highest BCUT2D eigenvalue weighted by molar-refractivity contribution is 7.99. The number of para-hydroxylation sites is 3. The lowest BCUT2D eigenvalue weighted by Gasteiger charge is -2.10. The summed E-state index contributed by atoms with van der Waals surface area (Å²) in [6.07, 6.45) is 1.41. The van der Waals surface area contributed by atoms with Gasteiger partial charge in [0.25, 0.3) is 5.91 Å². The molecule has 0 atom stereocenters. The number of rotatable bonds is 10. The number of carboxylic acids is 1. The third-order valence-corrected chi connectivity index (χ3v) is 6.25. The number of amides is 1. The van der Waals surface area contributed by atoms with E-state index in [2.05, 4.69) is 15.5 Å². The van der Waals surface area contributed by atoms with Crippen molar-refractivity contribution in [2.45, 2.75) is 11.7 Å². The number of aliphatic carboxylic acids is 1. The number of carboxylic acid groups (broad SMARTS) is 1. The number of imidazole rings is 1. The van der Waals surface area contributed by atoms with Gasteiger partial charge in [-0.25, -0.2) is 15.2 Å². The van der Waals surface area contributed by atoms with E-state index in [1.807, 2.05) is 53.1 Å². The maximum Gasteiger partial charge on any atom is 0.341 e. The molecule has 0 radical (unpaired) electrons. The third kappa shape index (κ3) is 6.40. The minimum absolute atomic E-state index is 0.0976. The van der Waals surface area contributed by atoms with Crippen LogP contribution in [0.3, 0.4) is 0 Å². The Morgan fingerprint density at radius 3 is 2.66 bits per heavy atom. The van der Waals surface area contributed by atoms with E-state index in [4.69, 9.17) is 21.4 Å². The van der Waals surface area contributed by atoms with Crippen molar-refractivity contribution in [2.24, 2.45) is 5.10 Å². The number of halogens is 1. The molecule has 178 valence electrons. The zero-order valence-corrected chi connectivity index (χ0v) is 20.0. The van der Waals surface area contributed by atoms with E-state index in [0.29, 0.717) is 28.0 Å². The van der Waals surface area contributed by atoms with Gasteiger partial charge in [0, 0.05) is 10.6 Å². The zero-order chi connectivity index (χ0) is 24.6.